The molecule has 0 spiro atoms. The van der Waals surface area contributed by atoms with Gasteiger partial charge in [-0.1, -0.05) is 12.1 Å². The van der Waals surface area contributed by atoms with Crippen LogP contribution in [0, 0.1) is 6.92 Å². The Morgan fingerprint density at radius 3 is 2.79 bits per heavy atom. The van der Waals surface area contributed by atoms with Crippen LogP contribution in [0.1, 0.15) is 18.4 Å². The van der Waals surface area contributed by atoms with Gasteiger partial charge in [-0.3, -0.25) is 9.59 Å². The summed E-state index contributed by atoms with van der Waals surface area (Å²) in [6.45, 7) is 1.86. The Morgan fingerprint density at radius 1 is 1.42 bits per heavy atom. The zero-order valence-electron chi connectivity index (χ0n) is 10.4. The van der Waals surface area contributed by atoms with E-state index in [0.29, 0.717) is 5.69 Å². The van der Waals surface area contributed by atoms with Crippen LogP contribution in [0.15, 0.2) is 24.3 Å². The van der Waals surface area contributed by atoms with E-state index in [1.807, 2.05) is 13.0 Å². The number of amides is 3. The summed E-state index contributed by atoms with van der Waals surface area (Å²) in [5.41, 5.74) is 1.44. The molecule has 100 valence electrons. The van der Waals surface area contributed by atoms with Crippen molar-refractivity contribution in [2.45, 2.75) is 25.8 Å². The maximum atomic E-state index is 12.1. The maximum absolute atomic E-state index is 12.1. The third-order valence-corrected chi connectivity index (χ3v) is 2.93. The highest BCUT2D eigenvalue weighted by Gasteiger charge is 2.38. The summed E-state index contributed by atoms with van der Waals surface area (Å²) in [7, 11) is 0. The van der Waals surface area contributed by atoms with Crippen molar-refractivity contribution in [3.8, 4) is 0 Å². The first kappa shape index (κ1) is 13.1. The molecule has 0 radical (unpaired) electrons. The molecule has 0 aliphatic carbocycles. The fraction of sp³-hybridized carbons (Fsp3) is 0.308. The summed E-state index contributed by atoms with van der Waals surface area (Å²) in [5.74, 6) is -1.40. The van der Waals surface area contributed by atoms with E-state index >= 15 is 0 Å². The van der Waals surface area contributed by atoms with E-state index in [1.54, 1.807) is 18.2 Å². The van der Waals surface area contributed by atoms with E-state index in [2.05, 4.69) is 5.32 Å². The highest BCUT2D eigenvalue weighted by molar-refractivity contribution is 6.21. The Labute approximate surface area is 110 Å². The van der Waals surface area contributed by atoms with Gasteiger partial charge >= 0.3 is 12.0 Å². The number of aliphatic carboxylic acids is 1. The van der Waals surface area contributed by atoms with Crippen LogP contribution in [0.25, 0.3) is 0 Å². The van der Waals surface area contributed by atoms with E-state index in [0.717, 1.165) is 10.5 Å². The quantitative estimate of drug-likeness (QED) is 0.800. The van der Waals surface area contributed by atoms with Gasteiger partial charge in [0.1, 0.15) is 6.04 Å². The molecule has 0 bridgehead atoms. The average molecular weight is 262 g/mol. The number of carbonyl (C=O) groups is 3. The lowest BCUT2D eigenvalue weighted by Crippen LogP contribution is -2.31. The summed E-state index contributed by atoms with van der Waals surface area (Å²) in [6, 6.07) is 5.76. The topological polar surface area (TPSA) is 86.7 Å². The summed E-state index contributed by atoms with van der Waals surface area (Å²) in [6.07, 6.45) is -0.0550. The van der Waals surface area contributed by atoms with E-state index < -0.39 is 23.9 Å². The lowest BCUT2D eigenvalue weighted by molar-refractivity contribution is -0.137. The third-order valence-electron chi connectivity index (χ3n) is 2.93. The van der Waals surface area contributed by atoms with E-state index in [-0.39, 0.29) is 12.8 Å². The number of hydrogen-bond donors (Lipinski definition) is 2. The number of rotatable bonds is 4. The molecule has 0 aromatic heterocycles. The minimum atomic E-state index is -0.990. The molecule has 1 aromatic rings. The molecule has 1 fully saturated rings. The smallest absolute Gasteiger partial charge is 0.329 e. The number of urea groups is 1. The van der Waals surface area contributed by atoms with Gasteiger partial charge in [0.05, 0.1) is 5.69 Å². The predicted molar refractivity (Wildman–Crippen MR) is 67.9 cm³/mol. The summed E-state index contributed by atoms with van der Waals surface area (Å²) < 4.78 is 0. The second kappa shape index (κ2) is 5.09. The number of nitrogens with zero attached hydrogens (tertiary/aromatic N) is 1. The number of carboxylic acids is 1. The van der Waals surface area contributed by atoms with Crippen LogP contribution in [0.2, 0.25) is 0 Å². The summed E-state index contributed by atoms with van der Waals surface area (Å²) in [5, 5.41) is 11.1. The van der Waals surface area contributed by atoms with Gasteiger partial charge in [-0.2, -0.15) is 0 Å². The van der Waals surface area contributed by atoms with E-state index in [9.17, 15) is 14.4 Å². The van der Waals surface area contributed by atoms with Gasteiger partial charge in [0.15, 0.2) is 0 Å². The molecular formula is C13H14N2O4. The molecule has 19 heavy (non-hydrogen) atoms. The number of hydrogen-bond acceptors (Lipinski definition) is 3. The minimum absolute atomic E-state index is 0.0994. The van der Waals surface area contributed by atoms with Crippen LogP contribution in [0.5, 0.6) is 0 Å². The number of anilines is 1. The molecule has 2 rings (SSSR count). The molecule has 0 saturated carbocycles. The number of benzene rings is 1. The lowest BCUT2D eigenvalue weighted by atomic mass is 10.1. The number of carbonyl (C=O) groups excluding carboxylic acids is 2. The van der Waals surface area contributed by atoms with Crippen LogP contribution >= 0.6 is 0 Å². The normalized spacial score (nSPS) is 18.6. The second-order valence-electron chi connectivity index (χ2n) is 4.45. The van der Waals surface area contributed by atoms with Crippen molar-refractivity contribution in [2.24, 2.45) is 0 Å². The fourth-order valence-corrected chi connectivity index (χ4v) is 2.01. The predicted octanol–water partition coefficient (Wildman–Crippen LogP) is 1.28. The number of carboxylic acid groups (broad SMARTS) is 1. The van der Waals surface area contributed by atoms with Gasteiger partial charge in [0, 0.05) is 6.42 Å². The van der Waals surface area contributed by atoms with Gasteiger partial charge < -0.3 is 10.4 Å². The Balaban J connectivity index is 2.17. The lowest BCUT2D eigenvalue weighted by Gasteiger charge is -2.13. The molecule has 2 N–H and O–H groups in total. The fourth-order valence-electron chi connectivity index (χ4n) is 2.01. The van der Waals surface area contributed by atoms with Crippen molar-refractivity contribution in [2.75, 3.05) is 4.90 Å². The molecule has 1 heterocycles. The first-order chi connectivity index (χ1) is 8.99. The Bertz CT molecular complexity index is 541. The zero-order chi connectivity index (χ0) is 14.0. The van der Waals surface area contributed by atoms with Crippen molar-refractivity contribution in [1.82, 2.24) is 5.32 Å². The first-order valence-corrected chi connectivity index (χ1v) is 5.92. The first-order valence-electron chi connectivity index (χ1n) is 5.92. The molecule has 1 aliphatic heterocycles. The monoisotopic (exact) mass is 262 g/mol. The maximum Gasteiger partial charge on any atom is 0.329 e. The number of imide groups is 1. The molecule has 6 heteroatoms. The summed E-state index contributed by atoms with van der Waals surface area (Å²) >= 11 is 0. The molecule has 1 aliphatic rings. The Kier molecular flexibility index (Phi) is 3.50. The molecule has 1 aromatic carbocycles. The van der Waals surface area contributed by atoms with Crippen LogP contribution in [0.4, 0.5) is 10.5 Å². The molecule has 6 nitrogen and oxygen atoms in total. The van der Waals surface area contributed by atoms with Gasteiger partial charge in [0.2, 0.25) is 0 Å². The van der Waals surface area contributed by atoms with Crippen molar-refractivity contribution in [1.29, 1.82) is 0 Å². The molecular weight excluding hydrogens is 248 g/mol. The van der Waals surface area contributed by atoms with Gasteiger partial charge in [-0.25, -0.2) is 9.69 Å². The molecule has 1 saturated heterocycles. The van der Waals surface area contributed by atoms with Crippen molar-refractivity contribution in [3.63, 3.8) is 0 Å². The van der Waals surface area contributed by atoms with Crippen molar-refractivity contribution >= 4 is 23.6 Å². The minimum Gasteiger partial charge on any atom is -0.481 e. The van der Waals surface area contributed by atoms with Gasteiger partial charge in [-0.15, -0.1) is 0 Å². The zero-order valence-corrected chi connectivity index (χ0v) is 10.4. The van der Waals surface area contributed by atoms with Crippen LogP contribution in [-0.4, -0.2) is 29.1 Å². The van der Waals surface area contributed by atoms with Gasteiger partial charge in [0.25, 0.3) is 5.91 Å². The third kappa shape index (κ3) is 2.73. The Morgan fingerprint density at radius 2 is 2.16 bits per heavy atom. The highest BCUT2D eigenvalue weighted by atomic mass is 16.4. The number of nitrogens with one attached hydrogen (secondary N) is 1. The van der Waals surface area contributed by atoms with E-state index in [1.165, 1.54) is 0 Å². The molecule has 3 amide bonds. The average Bonchev–Trinajstić information content (AvgIpc) is 2.62. The van der Waals surface area contributed by atoms with E-state index in [4.69, 9.17) is 5.11 Å². The summed E-state index contributed by atoms with van der Waals surface area (Å²) in [4.78, 5) is 35.4. The van der Waals surface area contributed by atoms with Crippen molar-refractivity contribution < 1.29 is 19.5 Å². The molecule has 0 unspecified atom stereocenters. The highest BCUT2D eigenvalue weighted by Crippen LogP contribution is 2.21. The van der Waals surface area contributed by atoms with Crippen molar-refractivity contribution in [3.05, 3.63) is 29.8 Å². The SMILES string of the molecule is Cc1cccc(N2C(=O)N[C@@H](CCC(=O)O)C2=O)c1. The molecule has 1 atom stereocenters. The standard InChI is InChI=1S/C13H14N2O4/c1-8-3-2-4-9(7-8)15-12(18)10(14-13(15)19)5-6-11(16)17/h2-4,7,10H,5-6H2,1H3,(H,14,19)(H,16,17)/t10-/m0/s1. The Hall–Kier alpha value is -2.37. The largest absolute Gasteiger partial charge is 0.481 e. The van der Waals surface area contributed by atoms with Gasteiger partial charge in [-0.05, 0) is 31.0 Å². The van der Waals surface area contributed by atoms with Crippen LogP contribution in [-0.2, 0) is 9.59 Å². The van der Waals surface area contributed by atoms with Crippen LogP contribution in [0.3, 0.4) is 0 Å². The second-order valence-corrected chi connectivity index (χ2v) is 4.45. The number of aryl methyl sites for hydroxylation is 1. The van der Waals surface area contributed by atoms with Crippen LogP contribution < -0.4 is 10.2 Å².